The average Bonchev–Trinajstić information content (AvgIpc) is 3.00. The van der Waals surface area contributed by atoms with Crippen LogP contribution >= 0.6 is 0 Å². The summed E-state index contributed by atoms with van der Waals surface area (Å²) in [6, 6.07) is 0. The Kier molecular flexibility index (Phi) is 30.7. The Morgan fingerprint density at radius 1 is 0.489 bits per heavy atom. The van der Waals surface area contributed by atoms with Gasteiger partial charge in [-0.15, -0.1) is 0 Å². The van der Waals surface area contributed by atoms with Gasteiger partial charge >= 0.3 is 11.9 Å². The molecule has 0 aliphatic rings. The van der Waals surface area contributed by atoms with E-state index in [0.29, 0.717) is 19.3 Å². The first-order valence-corrected chi connectivity index (χ1v) is 18.9. The second-order valence-electron chi connectivity index (χ2n) is 13.5. The molecule has 0 saturated heterocycles. The number of carboxylic acid groups (broad SMARTS) is 3. The van der Waals surface area contributed by atoms with Crippen molar-refractivity contribution in [2.24, 2.45) is 0 Å². The van der Waals surface area contributed by atoms with Gasteiger partial charge < -0.3 is 24.6 Å². The van der Waals surface area contributed by atoms with Gasteiger partial charge in [-0.25, -0.2) is 0 Å². The quantitative estimate of drug-likeness (QED) is 0.0402. The van der Waals surface area contributed by atoms with Crippen molar-refractivity contribution in [1.82, 2.24) is 0 Å². The molecule has 0 radical (unpaired) electrons. The molecule has 0 amide bonds. The summed E-state index contributed by atoms with van der Waals surface area (Å²) in [6.07, 6.45) is 34.8. The fraction of sp³-hybridized carbons (Fsp3) is 0.868. The molecule has 0 bridgehead atoms. The molecule has 2 N–H and O–H groups in total. The highest BCUT2D eigenvalue weighted by atomic mass is 16.4. The predicted molar refractivity (Wildman–Crippen MR) is 184 cm³/mol. The highest BCUT2D eigenvalue weighted by Gasteiger charge is 2.25. The third-order valence-electron chi connectivity index (χ3n) is 9.19. The molecule has 7 nitrogen and oxygen atoms in total. The van der Waals surface area contributed by atoms with Crippen LogP contribution in [0.2, 0.25) is 0 Å². The van der Waals surface area contributed by atoms with Gasteiger partial charge in [0, 0.05) is 18.8 Å². The molecule has 0 unspecified atom stereocenters. The summed E-state index contributed by atoms with van der Waals surface area (Å²) in [7, 11) is 0. The van der Waals surface area contributed by atoms with E-state index in [9.17, 15) is 19.5 Å². The fourth-order valence-corrected chi connectivity index (χ4v) is 6.35. The molecule has 0 aromatic rings. The minimum absolute atomic E-state index is 0.0488. The first-order chi connectivity index (χ1) is 21.8. The van der Waals surface area contributed by atoms with Crippen LogP contribution in [-0.4, -0.2) is 58.8 Å². The molecule has 264 valence electrons. The number of rotatable bonds is 36. The van der Waals surface area contributed by atoms with Gasteiger partial charge in [-0.2, -0.15) is 0 Å². The van der Waals surface area contributed by atoms with Crippen molar-refractivity contribution in [3.05, 3.63) is 12.2 Å². The molecule has 0 aliphatic carbocycles. The van der Waals surface area contributed by atoms with Crippen molar-refractivity contribution in [2.75, 3.05) is 26.2 Å². The molecule has 0 fully saturated rings. The second kappa shape index (κ2) is 32.1. The summed E-state index contributed by atoms with van der Waals surface area (Å²) in [5.74, 6) is -2.60. The van der Waals surface area contributed by atoms with Crippen LogP contribution in [0.15, 0.2) is 12.2 Å². The number of unbranched alkanes of at least 4 members (excludes halogenated alkanes) is 21. The molecule has 0 atom stereocenters. The first kappa shape index (κ1) is 43.1. The van der Waals surface area contributed by atoms with E-state index in [-0.39, 0.29) is 19.3 Å². The molecule has 0 aromatic heterocycles. The topological polar surface area (TPSA) is 115 Å². The Morgan fingerprint density at radius 2 is 0.844 bits per heavy atom. The number of carbonyl (C=O) groups excluding carboxylic acids is 1. The number of hydrogen-bond donors (Lipinski definition) is 2. The van der Waals surface area contributed by atoms with Gasteiger partial charge in [-0.3, -0.25) is 9.59 Å². The molecule has 0 heterocycles. The van der Waals surface area contributed by atoms with Crippen molar-refractivity contribution in [3.8, 4) is 0 Å². The maximum absolute atomic E-state index is 11.0. The summed E-state index contributed by atoms with van der Waals surface area (Å²) >= 11 is 0. The molecular weight excluding hydrogens is 566 g/mol. The summed E-state index contributed by atoms with van der Waals surface area (Å²) in [5.41, 5.74) is 0. The number of quaternary nitrogens is 1. The summed E-state index contributed by atoms with van der Waals surface area (Å²) in [5, 5.41) is 29.0. The highest BCUT2D eigenvalue weighted by molar-refractivity contribution is 5.66. The zero-order valence-corrected chi connectivity index (χ0v) is 29.3. The maximum Gasteiger partial charge on any atom is 0.303 e. The summed E-state index contributed by atoms with van der Waals surface area (Å²) < 4.78 is 0.766. The van der Waals surface area contributed by atoms with E-state index in [4.69, 9.17) is 10.2 Å². The Labute approximate surface area is 276 Å². The van der Waals surface area contributed by atoms with Crippen LogP contribution < -0.4 is 5.11 Å². The number of nitrogens with zero attached hydrogens (tertiary/aromatic N) is 1. The minimum Gasteiger partial charge on any atom is -0.550 e. The van der Waals surface area contributed by atoms with Crippen LogP contribution in [-0.2, 0) is 14.4 Å². The molecule has 0 aromatic carbocycles. The van der Waals surface area contributed by atoms with Gasteiger partial charge in [0.2, 0.25) is 0 Å². The van der Waals surface area contributed by atoms with E-state index in [0.717, 1.165) is 56.3 Å². The van der Waals surface area contributed by atoms with Crippen molar-refractivity contribution < 1.29 is 34.2 Å². The van der Waals surface area contributed by atoms with E-state index in [1.54, 1.807) is 0 Å². The number of carboxylic acids is 3. The van der Waals surface area contributed by atoms with Crippen molar-refractivity contribution >= 4 is 17.9 Å². The van der Waals surface area contributed by atoms with Gasteiger partial charge in [-0.05, 0) is 63.9 Å². The smallest absolute Gasteiger partial charge is 0.303 e. The Hall–Kier alpha value is -1.89. The zero-order chi connectivity index (χ0) is 33.3. The number of hydrogen-bond acceptors (Lipinski definition) is 4. The predicted octanol–water partition coefficient (Wildman–Crippen LogP) is 9.22. The SMILES string of the molecule is CCCCCCCCCCCCCCCCCCCC/C=C/C[N+](CCCCC(=O)[O-])(CCCCC(=O)O)CCCCC(=O)O. The van der Waals surface area contributed by atoms with Crippen LogP contribution in [0.4, 0.5) is 0 Å². The zero-order valence-electron chi connectivity index (χ0n) is 29.3. The molecule has 0 aliphatic heterocycles. The normalized spacial score (nSPS) is 11.8. The van der Waals surface area contributed by atoms with E-state index < -0.39 is 17.9 Å². The first-order valence-electron chi connectivity index (χ1n) is 18.9. The standard InChI is InChI=1S/C38H71NO6/c1-2-3-4-5-6-7-8-9-10-11-12-13-14-15-16-17-18-19-20-21-25-32-39(33-26-22-29-36(40)41,34-27-23-30-37(42)43)35-28-24-31-38(44)45/h21,25H,2-20,22-24,26-35H2,1H3,(H2-,40,41,42,43,44,45)/b25-21+. The third-order valence-corrected chi connectivity index (χ3v) is 9.19. The summed E-state index contributed by atoms with van der Waals surface area (Å²) in [6.45, 7) is 5.58. The lowest BCUT2D eigenvalue weighted by atomic mass is 10.0. The molecule has 0 spiro atoms. The highest BCUT2D eigenvalue weighted by Crippen LogP contribution is 2.18. The molecule has 7 heteroatoms. The third kappa shape index (κ3) is 31.9. The number of aliphatic carboxylic acids is 3. The Balaban J connectivity index is 4.25. The second-order valence-corrected chi connectivity index (χ2v) is 13.5. The lowest BCUT2D eigenvalue weighted by molar-refractivity contribution is -0.923. The van der Waals surface area contributed by atoms with Crippen LogP contribution in [0.3, 0.4) is 0 Å². The number of allylic oxidation sites excluding steroid dienone is 1. The fourth-order valence-electron chi connectivity index (χ4n) is 6.35. The average molecular weight is 638 g/mol. The molecule has 45 heavy (non-hydrogen) atoms. The molecular formula is C38H71NO6. The van der Waals surface area contributed by atoms with Crippen LogP contribution in [0, 0.1) is 0 Å². The van der Waals surface area contributed by atoms with E-state index in [1.165, 1.54) is 116 Å². The van der Waals surface area contributed by atoms with Crippen molar-refractivity contribution in [2.45, 2.75) is 187 Å². The minimum atomic E-state index is -1.03. The number of carbonyl (C=O) groups is 3. The Morgan fingerprint density at radius 3 is 1.20 bits per heavy atom. The molecule has 0 saturated carbocycles. The van der Waals surface area contributed by atoms with Gasteiger partial charge in [0.05, 0.1) is 26.2 Å². The van der Waals surface area contributed by atoms with Gasteiger partial charge in [0.25, 0.3) is 0 Å². The van der Waals surface area contributed by atoms with Gasteiger partial charge in [-0.1, -0.05) is 122 Å². The van der Waals surface area contributed by atoms with Crippen molar-refractivity contribution in [1.29, 1.82) is 0 Å². The monoisotopic (exact) mass is 638 g/mol. The van der Waals surface area contributed by atoms with Gasteiger partial charge in [0.15, 0.2) is 0 Å². The van der Waals surface area contributed by atoms with E-state index >= 15 is 0 Å². The lowest BCUT2D eigenvalue weighted by Crippen LogP contribution is -2.50. The van der Waals surface area contributed by atoms with Crippen LogP contribution in [0.1, 0.15) is 187 Å². The van der Waals surface area contributed by atoms with E-state index in [2.05, 4.69) is 19.1 Å². The van der Waals surface area contributed by atoms with Gasteiger partial charge in [0.1, 0.15) is 0 Å². The lowest BCUT2D eigenvalue weighted by Gasteiger charge is -2.38. The van der Waals surface area contributed by atoms with Crippen molar-refractivity contribution in [3.63, 3.8) is 0 Å². The van der Waals surface area contributed by atoms with Crippen LogP contribution in [0.25, 0.3) is 0 Å². The van der Waals surface area contributed by atoms with Crippen LogP contribution in [0.5, 0.6) is 0 Å². The largest absolute Gasteiger partial charge is 0.550 e. The van der Waals surface area contributed by atoms with E-state index in [1.807, 2.05) is 0 Å². The maximum atomic E-state index is 11.0. The summed E-state index contributed by atoms with van der Waals surface area (Å²) in [4.78, 5) is 32.9. The molecule has 0 rings (SSSR count). The Bertz CT molecular complexity index is 683.